The maximum absolute atomic E-state index is 7.01. The SMILES string of the molecule is C=C.Cc1ccc(-n2c3ccccc3c3cc(-c4ccc5c6ccccc6n(-c6ccccc6)c5c4)ccc32)cc1.N=C(N)c1ccccc1.NCc1ccccc1. The average molecular weight is 754 g/mol. The highest BCUT2D eigenvalue weighted by Gasteiger charge is 2.16. The van der Waals surface area contributed by atoms with E-state index >= 15 is 0 Å². The van der Waals surface area contributed by atoms with Crippen molar-refractivity contribution < 1.29 is 0 Å². The molecule has 0 fully saturated rings. The number of aryl methyl sites for hydroxylation is 1. The van der Waals surface area contributed by atoms with Crippen molar-refractivity contribution in [2.24, 2.45) is 11.5 Å². The Morgan fingerprint density at radius 2 is 0.914 bits per heavy atom. The number of hydrogen-bond acceptors (Lipinski definition) is 2. The number of rotatable bonds is 5. The molecule has 8 aromatic carbocycles. The van der Waals surface area contributed by atoms with E-state index in [2.05, 4.69) is 169 Å². The molecule has 284 valence electrons. The zero-order chi connectivity index (χ0) is 40.4. The van der Waals surface area contributed by atoms with Crippen LogP contribution in [0.5, 0.6) is 0 Å². The van der Waals surface area contributed by atoms with E-state index in [4.69, 9.17) is 16.9 Å². The number of para-hydroxylation sites is 3. The molecule has 2 heterocycles. The maximum Gasteiger partial charge on any atom is 0.122 e. The summed E-state index contributed by atoms with van der Waals surface area (Å²) in [6, 6.07) is 69.9. The van der Waals surface area contributed by atoms with E-state index in [1.165, 1.54) is 77.2 Å². The zero-order valence-corrected chi connectivity index (χ0v) is 32.7. The van der Waals surface area contributed by atoms with Crippen LogP contribution in [0, 0.1) is 12.3 Å². The van der Waals surface area contributed by atoms with Gasteiger partial charge in [-0.3, -0.25) is 5.41 Å². The smallest absolute Gasteiger partial charge is 0.122 e. The summed E-state index contributed by atoms with van der Waals surface area (Å²) in [5.74, 6) is 0.121. The first-order valence-corrected chi connectivity index (χ1v) is 19.3. The van der Waals surface area contributed by atoms with Crippen LogP contribution in [0.4, 0.5) is 0 Å². The lowest BCUT2D eigenvalue weighted by atomic mass is 10.0. The summed E-state index contributed by atoms with van der Waals surface area (Å²) in [7, 11) is 0. The Balaban J connectivity index is 0.000000223. The van der Waals surface area contributed by atoms with Crippen molar-refractivity contribution in [2.45, 2.75) is 13.5 Å². The second-order valence-electron chi connectivity index (χ2n) is 13.8. The van der Waals surface area contributed by atoms with Crippen LogP contribution in [0.3, 0.4) is 0 Å². The quantitative estimate of drug-likeness (QED) is 0.0928. The monoisotopic (exact) mass is 753 g/mol. The van der Waals surface area contributed by atoms with Crippen molar-refractivity contribution in [3.8, 4) is 22.5 Å². The van der Waals surface area contributed by atoms with Crippen LogP contribution in [0.2, 0.25) is 0 Å². The Hall–Kier alpha value is -7.47. The van der Waals surface area contributed by atoms with Crippen molar-refractivity contribution in [1.82, 2.24) is 9.13 Å². The third-order valence-corrected chi connectivity index (χ3v) is 10.1. The Morgan fingerprint density at radius 3 is 1.48 bits per heavy atom. The molecule has 0 aliphatic heterocycles. The number of nitrogens with one attached hydrogen (secondary N) is 1. The fourth-order valence-electron chi connectivity index (χ4n) is 7.36. The number of fused-ring (bicyclic) bond motifs is 6. The van der Waals surface area contributed by atoms with Crippen LogP contribution in [-0.2, 0) is 6.54 Å². The first-order valence-electron chi connectivity index (χ1n) is 19.3. The molecule has 0 aliphatic rings. The predicted octanol–water partition coefficient (Wildman–Crippen LogP) is 12.8. The van der Waals surface area contributed by atoms with E-state index in [1.54, 1.807) is 0 Å². The molecule has 0 aliphatic carbocycles. The van der Waals surface area contributed by atoms with Gasteiger partial charge in [-0.15, -0.1) is 13.2 Å². The number of amidine groups is 1. The first kappa shape index (κ1) is 38.8. The lowest BCUT2D eigenvalue weighted by Gasteiger charge is -2.10. The molecule has 0 amide bonds. The van der Waals surface area contributed by atoms with Crippen molar-refractivity contribution >= 4 is 49.4 Å². The number of aromatic nitrogens is 2. The van der Waals surface area contributed by atoms with Gasteiger partial charge in [-0.25, -0.2) is 0 Å². The minimum Gasteiger partial charge on any atom is -0.384 e. The summed E-state index contributed by atoms with van der Waals surface area (Å²) < 4.78 is 4.76. The van der Waals surface area contributed by atoms with Gasteiger partial charge in [0.05, 0.1) is 22.1 Å². The second kappa shape index (κ2) is 18.0. The van der Waals surface area contributed by atoms with Gasteiger partial charge in [-0.05, 0) is 78.2 Å². The van der Waals surface area contributed by atoms with Crippen LogP contribution >= 0.6 is 0 Å². The molecule has 0 radical (unpaired) electrons. The largest absolute Gasteiger partial charge is 0.384 e. The van der Waals surface area contributed by atoms with Gasteiger partial charge in [-0.2, -0.15) is 0 Å². The van der Waals surface area contributed by atoms with E-state index in [1.807, 2.05) is 60.7 Å². The first-order chi connectivity index (χ1) is 28.5. The summed E-state index contributed by atoms with van der Waals surface area (Å²) in [5, 5.41) is 12.1. The third kappa shape index (κ3) is 8.07. The lowest BCUT2D eigenvalue weighted by molar-refractivity contribution is 1.07. The molecule has 0 bridgehead atoms. The van der Waals surface area contributed by atoms with Gasteiger partial charge in [0, 0.05) is 45.0 Å². The molecule has 0 spiro atoms. The molecule has 5 heteroatoms. The van der Waals surface area contributed by atoms with E-state index in [9.17, 15) is 0 Å². The van der Waals surface area contributed by atoms with Crippen LogP contribution < -0.4 is 11.5 Å². The van der Waals surface area contributed by atoms with Gasteiger partial charge in [0.15, 0.2) is 0 Å². The maximum atomic E-state index is 7.01. The van der Waals surface area contributed by atoms with Gasteiger partial charge >= 0.3 is 0 Å². The molecule has 10 rings (SSSR count). The summed E-state index contributed by atoms with van der Waals surface area (Å²) in [6.07, 6.45) is 0. The van der Waals surface area contributed by atoms with Gasteiger partial charge in [0.1, 0.15) is 5.84 Å². The molecule has 58 heavy (non-hydrogen) atoms. The Kier molecular flexibility index (Phi) is 12.0. The van der Waals surface area contributed by atoms with Crippen LogP contribution in [0.1, 0.15) is 16.7 Å². The van der Waals surface area contributed by atoms with E-state index in [0.717, 1.165) is 5.56 Å². The topological polar surface area (TPSA) is 85.8 Å². The minimum atomic E-state index is 0.121. The van der Waals surface area contributed by atoms with Crippen LogP contribution in [0.25, 0.3) is 66.1 Å². The van der Waals surface area contributed by atoms with Gasteiger partial charge in [-0.1, -0.05) is 151 Å². The Morgan fingerprint density at radius 1 is 0.466 bits per heavy atom. The van der Waals surface area contributed by atoms with Gasteiger partial charge in [0.25, 0.3) is 0 Å². The Bertz CT molecular complexity index is 2930. The summed E-state index contributed by atoms with van der Waals surface area (Å²) in [6.45, 7) is 8.77. The molecule has 0 saturated carbocycles. The minimum absolute atomic E-state index is 0.121. The average Bonchev–Trinajstić information content (AvgIpc) is 3.81. The standard InChI is InChI=1S/C37H26N2.C7H8N2.C7H9N.C2H4/c1-25-15-19-29(20-16-25)38-35-14-8-6-12-31(35)33-23-26(18-22-36(33)38)27-17-21-32-30-11-5-7-13-34(30)39(37(32)24-27)28-9-3-2-4-10-28;8-7(9)6-4-2-1-3-5-6;8-6-7-4-2-1-3-5-7;1-2/h2-24H,1H3;1-5H,(H3,8,9);1-5H,6,8H2;1-2H2. The van der Waals surface area contributed by atoms with E-state index < -0.39 is 0 Å². The number of nitrogens with zero attached hydrogens (tertiary/aromatic N) is 2. The second-order valence-corrected chi connectivity index (χ2v) is 13.8. The van der Waals surface area contributed by atoms with Crippen molar-refractivity contribution in [1.29, 1.82) is 5.41 Å². The number of hydrogen-bond donors (Lipinski definition) is 3. The highest BCUT2D eigenvalue weighted by molar-refractivity contribution is 6.12. The summed E-state index contributed by atoms with van der Waals surface area (Å²) in [5.41, 5.74) is 23.5. The molecule has 10 aromatic rings. The number of benzene rings is 8. The molecule has 0 atom stereocenters. The third-order valence-electron chi connectivity index (χ3n) is 10.1. The number of nitrogen functional groups attached to an aromatic ring is 1. The van der Waals surface area contributed by atoms with Crippen molar-refractivity contribution in [2.75, 3.05) is 0 Å². The van der Waals surface area contributed by atoms with E-state index in [-0.39, 0.29) is 5.84 Å². The summed E-state index contributed by atoms with van der Waals surface area (Å²) in [4.78, 5) is 0. The zero-order valence-electron chi connectivity index (χ0n) is 32.7. The van der Waals surface area contributed by atoms with E-state index in [0.29, 0.717) is 6.54 Å². The molecular weight excluding hydrogens is 707 g/mol. The van der Waals surface area contributed by atoms with Crippen LogP contribution in [-0.4, -0.2) is 15.0 Å². The lowest BCUT2D eigenvalue weighted by Crippen LogP contribution is -2.10. The summed E-state index contributed by atoms with van der Waals surface area (Å²) >= 11 is 0. The van der Waals surface area contributed by atoms with Crippen molar-refractivity contribution in [3.05, 3.63) is 230 Å². The molecule has 5 N–H and O–H groups in total. The Labute approximate surface area is 340 Å². The van der Waals surface area contributed by atoms with Crippen LogP contribution in [0.15, 0.2) is 213 Å². The predicted molar refractivity (Wildman–Crippen MR) is 248 cm³/mol. The molecule has 0 saturated heterocycles. The fraction of sp³-hybridized carbons (Fsp3) is 0.0377. The fourth-order valence-corrected chi connectivity index (χ4v) is 7.36. The molecule has 0 unspecified atom stereocenters. The normalized spacial score (nSPS) is 10.6. The highest BCUT2D eigenvalue weighted by atomic mass is 15.0. The molecule has 5 nitrogen and oxygen atoms in total. The number of nitrogens with two attached hydrogens (primary N) is 2. The molecule has 2 aromatic heterocycles. The molecular formula is C53H47N5. The van der Waals surface area contributed by atoms with Gasteiger partial charge < -0.3 is 20.6 Å². The van der Waals surface area contributed by atoms with Crippen molar-refractivity contribution in [3.63, 3.8) is 0 Å². The highest BCUT2D eigenvalue weighted by Crippen LogP contribution is 2.38. The van der Waals surface area contributed by atoms with Gasteiger partial charge in [0.2, 0.25) is 0 Å².